The number of hydrogen-bond acceptors (Lipinski definition) is 4. The Morgan fingerprint density at radius 1 is 1.25 bits per heavy atom. The van der Waals surface area contributed by atoms with Crippen LogP contribution >= 0.6 is 12.4 Å². The van der Waals surface area contributed by atoms with Gasteiger partial charge in [-0.2, -0.15) is 4.98 Å². The van der Waals surface area contributed by atoms with E-state index in [2.05, 4.69) is 46.6 Å². The van der Waals surface area contributed by atoms with E-state index in [9.17, 15) is 0 Å². The summed E-state index contributed by atoms with van der Waals surface area (Å²) < 4.78 is 5.39. The summed E-state index contributed by atoms with van der Waals surface area (Å²) in [5.41, 5.74) is 2.34. The molecule has 1 aromatic heterocycles. The zero-order valence-electron chi connectivity index (χ0n) is 11.6. The van der Waals surface area contributed by atoms with E-state index in [1.54, 1.807) is 0 Å². The molecule has 2 aromatic rings. The van der Waals surface area contributed by atoms with Crippen LogP contribution in [0.3, 0.4) is 0 Å². The third-order valence-corrected chi connectivity index (χ3v) is 3.67. The molecular weight excluding hydrogens is 274 g/mol. The van der Waals surface area contributed by atoms with E-state index < -0.39 is 0 Å². The molecular formula is C15H20ClN3O. The minimum Gasteiger partial charge on any atom is -0.337 e. The monoisotopic (exact) mass is 293 g/mol. The molecule has 1 atom stereocenters. The lowest BCUT2D eigenvalue weighted by atomic mass is 10.1. The van der Waals surface area contributed by atoms with Crippen molar-refractivity contribution < 1.29 is 4.52 Å². The van der Waals surface area contributed by atoms with Crippen molar-refractivity contribution in [2.75, 3.05) is 6.54 Å². The molecule has 2 heterocycles. The van der Waals surface area contributed by atoms with E-state index in [-0.39, 0.29) is 18.4 Å². The standard InChI is InChI=1S/C15H19N3O.ClH/c1-2-11-6-8-12(9-7-11)14-17-15(19-18-14)13-5-3-4-10-16-13;/h6-9,13,16H,2-5,10H2,1H3;1H/t13-;/m1./s1. The van der Waals surface area contributed by atoms with Gasteiger partial charge in [0.15, 0.2) is 0 Å². The van der Waals surface area contributed by atoms with Crippen molar-refractivity contribution >= 4 is 12.4 Å². The molecule has 108 valence electrons. The number of nitrogens with zero attached hydrogens (tertiary/aromatic N) is 2. The van der Waals surface area contributed by atoms with Gasteiger partial charge in [-0.05, 0) is 31.4 Å². The van der Waals surface area contributed by atoms with Gasteiger partial charge in [-0.1, -0.05) is 42.8 Å². The molecule has 0 saturated carbocycles. The van der Waals surface area contributed by atoms with Crippen LogP contribution in [0.15, 0.2) is 28.8 Å². The predicted octanol–water partition coefficient (Wildman–Crippen LogP) is 3.54. The summed E-state index contributed by atoms with van der Waals surface area (Å²) in [6.07, 6.45) is 4.58. The zero-order chi connectivity index (χ0) is 13.1. The largest absolute Gasteiger partial charge is 0.337 e. The van der Waals surface area contributed by atoms with Gasteiger partial charge in [-0.15, -0.1) is 12.4 Å². The highest BCUT2D eigenvalue weighted by Crippen LogP contribution is 2.24. The van der Waals surface area contributed by atoms with Crippen molar-refractivity contribution in [2.24, 2.45) is 0 Å². The fraction of sp³-hybridized carbons (Fsp3) is 0.467. The number of benzene rings is 1. The van der Waals surface area contributed by atoms with Gasteiger partial charge in [0.25, 0.3) is 0 Å². The second kappa shape index (κ2) is 6.86. The number of hydrogen-bond donors (Lipinski definition) is 1. The topological polar surface area (TPSA) is 51.0 Å². The normalized spacial score (nSPS) is 18.6. The van der Waals surface area contributed by atoms with Gasteiger partial charge in [0, 0.05) is 5.56 Å². The first-order valence-corrected chi connectivity index (χ1v) is 7.03. The molecule has 0 radical (unpaired) electrons. The molecule has 20 heavy (non-hydrogen) atoms. The van der Waals surface area contributed by atoms with Gasteiger partial charge in [-0.3, -0.25) is 0 Å². The molecule has 3 rings (SSSR count). The molecule has 4 nitrogen and oxygen atoms in total. The Hall–Kier alpha value is -1.39. The molecule has 1 aromatic carbocycles. The molecule has 1 fully saturated rings. The maximum absolute atomic E-state index is 5.39. The van der Waals surface area contributed by atoms with Crippen LogP contribution in [0.25, 0.3) is 11.4 Å². The summed E-state index contributed by atoms with van der Waals surface area (Å²) in [7, 11) is 0. The Kier molecular flexibility index (Phi) is 5.15. The summed E-state index contributed by atoms with van der Waals surface area (Å²) >= 11 is 0. The summed E-state index contributed by atoms with van der Waals surface area (Å²) in [5, 5.41) is 7.51. The lowest BCUT2D eigenvalue weighted by Gasteiger charge is -2.19. The third-order valence-electron chi connectivity index (χ3n) is 3.67. The van der Waals surface area contributed by atoms with Crippen molar-refractivity contribution in [1.29, 1.82) is 0 Å². The van der Waals surface area contributed by atoms with Gasteiger partial charge in [0.2, 0.25) is 11.7 Å². The van der Waals surface area contributed by atoms with Crippen molar-refractivity contribution in [3.05, 3.63) is 35.7 Å². The fourth-order valence-electron chi connectivity index (χ4n) is 2.45. The molecule has 1 aliphatic rings. The minimum atomic E-state index is 0. The smallest absolute Gasteiger partial charge is 0.244 e. The van der Waals surface area contributed by atoms with Crippen LogP contribution in [0.2, 0.25) is 0 Å². The van der Waals surface area contributed by atoms with E-state index in [1.807, 2.05) is 0 Å². The van der Waals surface area contributed by atoms with Crippen LogP contribution in [0.4, 0.5) is 0 Å². The second-order valence-corrected chi connectivity index (χ2v) is 5.01. The lowest BCUT2D eigenvalue weighted by molar-refractivity contribution is 0.297. The second-order valence-electron chi connectivity index (χ2n) is 5.01. The van der Waals surface area contributed by atoms with E-state index in [0.717, 1.165) is 24.9 Å². The van der Waals surface area contributed by atoms with E-state index in [1.165, 1.54) is 18.4 Å². The highest BCUT2D eigenvalue weighted by atomic mass is 35.5. The molecule has 0 unspecified atom stereocenters. The molecule has 5 heteroatoms. The van der Waals surface area contributed by atoms with Crippen LogP contribution in [0.1, 0.15) is 43.7 Å². The Labute approximate surface area is 125 Å². The molecule has 0 spiro atoms. The van der Waals surface area contributed by atoms with Crippen LogP contribution < -0.4 is 5.32 Å². The van der Waals surface area contributed by atoms with Gasteiger partial charge in [0.1, 0.15) is 0 Å². The van der Waals surface area contributed by atoms with Crippen molar-refractivity contribution in [2.45, 2.75) is 38.6 Å². The highest BCUT2D eigenvalue weighted by molar-refractivity contribution is 5.85. The first kappa shape index (κ1) is 15.0. The Morgan fingerprint density at radius 3 is 2.70 bits per heavy atom. The molecule has 0 amide bonds. The maximum Gasteiger partial charge on any atom is 0.244 e. The summed E-state index contributed by atoms with van der Waals surface area (Å²) in [6.45, 7) is 3.18. The number of piperidine rings is 1. The van der Waals surface area contributed by atoms with Crippen molar-refractivity contribution in [3.63, 3.8) is 0 Å². The van der Waals surface area contributed by atoms with Crippen LogP contribution in [-0.2, 0) is 6.42 Å². The predicted molar refractivity (Wildman–Crippen MR) is 81.0 cm³/mol. The number of halogens is 1. The van der Waals surface area contributed by atoms with Crippen LogP contribution in [0, 0.1) is 0 Å². The highest BCUT2D eigenvalue weighted by Gasteiger charge is 2.21. The van der Waals surface area contributed by atoms with E-state index in [4.69, 9.17) is 4.52 Å². The summed E-state index contributed by atoms with van der Waals surface area (Å²) in [4.78, 5) is 4.52. The van der Waals surface area contributed by atoms with E-state index >= 15 is 0 Å². The summed E-state index contributed by atoms with van der Waals surface area (Å²) in [6, 6.07) is 8.57. The number of aryl methyl sites for hydroxylation is 1. The summed E-state index contributed by atoms with van der Waals surface area (Å²) in [5.74, 6) is 1.40. The number of nitrogens with one attached hydrogen (secondary N) is 1. The molecule has 0 bridgehead atoms. The van der Waals surface area contributed by atoms with Crippen LogP contribution in [-0.4, -0.2) is 16.7 Å². The minimum absolute atomic E-state index is 0. The van der Waals surface area contributed by atoms with Crippen molar-refractivity contribution in [1.82, 2.24) is 15.5 Å². The number of rotatable bonds is 3. The number of aromatic nitrogens is 2. The Morgan fingerprint density at radius 2 is 2.05 bits per heavy atom. The Bertz CT molecular complexity index is 532. The van der Waals surface area contributed by atoms with Gasteiger partial charge in [0.05, 0.1) is 6.04 Å². The average molecular weight is 294 g/mol. The first-order chi connectivity index (χ1) is 9.36. The molecule has 1 N–H and O–H groups in total. The maximum atomic E-state index is 5.39. The fourth-order valence-corrected chi connectivity index (χ4v) is 2.45. The van der Waals surface area contributed by atoms with Crippen molar-refractivity contribution in [3.8, 4) is 11.4 Å². The molecule has 1 aliphatic heterocycles. The average Bonchev–Trinajstić information content (AvgIpc) is 2.98. The van der Waals surface area contributed by atoms with Gasteiger partial charge in [-0.25, -0.2) is 0 Å². The molecule has 0 aliphatic carbocycles. The lowest BCUT2D eigenvalue weighted by Crippen LogP contribution is -2.26. The SMILES string of the molecule is CCc1ccc(-c2noc([C@H]3CCCCN3)n2)cc1.Cl. The van der Waals surface area contributed by atoms with Gasteiger partial charge < -0.3 is 9.84 Å². The Balaban J connectivity index is 0.00000147. The third kappa shape index (κ3) is 3.19. The quantitative estimate of drug-likeness (QED) is 0.940. The molecule has 1 saturated heterocycles. The zero-order valence-corrected chi connectivity index (χ0v) is 12.4. The first-order valence-electron chi connectivity index (χ1n) is 7.03. The van der Waals surface area contributed by atoms with Gasteiger partial charge >= 0.3 is 0 Å². The van der Waals surface area contributed by atoms with Crippen LogP contribution in [0.5, 0.6) is 0 Å². The van der Waals surface area contributed by atoms with E-state index in [0.29, 0.717) is 11.7 Å².